The number of ether oxygens (including phenoxy) is 2. The molecule has 0 saturated carbocycles. The average Bonchev–Trinajstić information content (AvgIpc) is 3.27. The molecule has 1 N–H and O–H groups in total. The van der Waals surface area contributed by atoms with Crippen molar-refractivity contribution in [3.05, 3.63) is 70.5 Å². The lowest BCUT2D eigenvalue weighted by Gasteiger charge is -2.33. The van der Waals surface area contributed by atoms with Gasteiger partial charge < -0.3 is 19.7 Å². The van der Waals surface area contributed by atoms with Gasteiger partial charge in [-0.2, -0.15) is 5.10 Å². The molecule has 35 heavy (non-hydrogen) atoms. The van der Waals surface area contributed by atoms with Crippen molar-refractivity contribution in [2.75, 3.05) is 25.7 Å². The van der Waals surface area contributed by atoms with Crippen LogP contribution in [-0.4, -0.2) is 48.8 Å². The van der Waals surface area contributed by atoms with Crippen molar-refractivity contribution in [3.63, 3.8) is 0 Å². The van der Waals surface area contributed by atoms with Gasteiger partial charge >= 0.3 is 0 Å². The van der Waals surface area contributed by atoms with E-state index in [1.54, 1.807) is 42.5 Å². The van der Waals surface area contributed by atoms with E-state index >= 15 is 0 Å². The number of carbonyl (C=O) groups is 2. The van der Waals surface area contributed by atoms with Crippen LogP contribution in [0.1, 0.15) is 38.9 Å². The highest BCUT2D eigenvalue weighted by Crippen LogP contribution is 2.36. The van der Waals surface area contributed by atoms with E-state index in [2.05, 4.69) is 10.4 Å². The number of benzene rings is 2. The molecule has 0 saturated heterocycles. The Morgan fingerprint density at radius 1 is 1.17 bits per heavy atom. The van der Waals surface area contributed by atoms with Crippen LogP contribution < -0.4 is 19.7 Å². The van der Waals surface area contributed by atoms with Crippen LogP contribution in [-0.2, 0) is 6.54 Å². The molecular formula is C24H23ClF2N4O4. The molecule has 1 atom stereocenters. The molecule has 0 spiro atoms. The zero-order valence-corrected chi connectivity index (χ0v) is 19.8. The van der Waals surface area contributed by atoms with Gasteiger partial charge in [0.25, 0.3) is 18.2 Å². The highest BCUT2D eigenvalue weighted by Gasteiger charge is 2.35. The fraction of sp³-hybridized carbons (Fsp3) is 0.292. The lowest BCUT2D eigenvalue weighted by molar-refractivity contribution is 0.0928. The smallest absolute Gasteiger partial charge is 0.258 e. The first-order valence-corrected chi connectivity index (χ1v) is 11.1. The third kappa shape index (κ3) is 4.93. The maximum absolute atomic E-state index is 13.4. The third-order valence-corrected chi connectivity index (χ3v) is 6.06. The summed E-state index contributed by atoms with van der Waals surface area (Å²) in [6.07, 6.45) is -1.02. The standard InChI is InChI=1S/C24H23ClF2N4O4/c1-34-19-8-7-14(11-20(19)35-2)24(33)30-10-9-17(22-18(30)12-28-31(22)13-21(26)27)29-23(32)15-5-3-4-6-16(15)25/h3-8,11-12,17,21H,9-10,13H2,1-2H3,(H,29,32). The molecule has 1 aliphatic heterocycles. The zero-order valence-electron chi connectivity index (χ0n) is 19.0. The number of amides is 2. The molecule has 0 aliphatic carbocycles. The molecule has 2 heterocycles. The van der Waals surface area contributed by atoms with Crippen LogP contribution in [0.15, 0.2) is 48.7 Å². The minimum atomic E-state index is -2.67. The van der Waals surface area contributed by atoms with E-state index in [1.807, 2.05) is 0 Å². The van der Waals surface area contributed by atoms with Crippen LogP contribution in [0.2, 0.25) is 5.02 Å². The van der Waals surface area contributed by atoms with Gasteiger partial charge in [-0.05, 0) is 36.8 Å². The molecule has 0 radical (unpaired) electrons. The first-order valence-electron chi connectivity index (χ1n) is 10.8. The molecule has 1 aromatic heterocycles. The quantitative estimate of drug-likeness (QED) is 0.517. The summed E-state index contributed by atoms with van der Waals surface area (Å²) in [6, 6.07) is 10.7. The summed E-state index contributed by atoms with van der Waals surface area (Å²) in [5.74, 6) is 0.0417. The van der Waals surface area contributed by atoms with E-state index in [4.69, 9.17) is 21.1 Å². The normalized spacial score (nSPS) is 15.0. The molecule has 2 amide bonds. The number of methoxy groups -OCH3 is 2. The second-order valence-corrected chi connectivity index (χ2v) is 8.22. The van der Waals surface area contributed by atoms with Gasteiger partial charge in [0.15, 0.2) is 11.5 Å². The fourth-order valence-corrected chi connectivity index (χ4v) is 4.32. The topological polar surface area (TPSA) is 85.7 Å². The van der Waals surface area contributed by atoms with Crippen molar-refractivity contribution in [1.82, 2.24) is 15.1 Å². The van der Waals surface area contributed by atoms with Crippen LogP contribution >= 0.6 is 11.6 Å². The van der Waals surface area contributed by atoms with Gasteiger partial charge in [-0.15, -0.1) is 0 Å². The lowest BCUT2D eigenvalue weighted by atomic mass is 10.0. The number of carbonyl (C=O) groups excluding carboxylic acids is 2. The first-order chi connectivity index (χ1) is 16.8. The molecule has 1 unspecified atom stereocenters. The number of hydrogen-bond acceptors (Lipinski definition) is 5. The molecule has 4 rings (SSSR count). The highest BCUT2D eigenvalue weighted by atomic mass is 35.5. The Balaban J connectivity index is 1.67. The van der Waals surface area contributed by atoms with Gasteiger partial charge in [-0.1, -0.05) is 23.7 Å². The van der Waals surface area contributed by atoms with Crippen molar-refractivity contribution >= 4 is 29.1 Å². The monoisotopic (exact) mass is 504 g/mol. The minimum absolute atomic E-state index is 0.230. The summed E-state index contributed by atoms with van der Waals surface area (Å²) in [5.41, 5.74) is 1.26. The second kappa shape index (κ2) is 10.3. The van der Waals surface area contributed by atoms with E-state index < -0.39 is 24.9 Å². The largest absolute Gasteiger partial charge is 0.493 e. The summed E-state index contributed by atoms with van der Waals surface area (Å²) in [7, 11) is 2.95. The molecule has 1 aliphatic rings. The molecule has 8 nitrogen and oxygen atoms in total. The van der Waals surface area contributed by atoms with Crippen molar-refractivity contribution in [3.8, 4) is 11.5 Å². The van der Waals surface area contributed by atoms with Crippen LogP contribution in [0, 0.1) is 0 Å². The number of hydrogen-bond donors (Lipinski definition) is 1. The number of halogens is 3. The Morgan fingerprint density at radius 2 is 1.91 bits per heavy atom. The minimum Gasteiger partial charge on any atom is -0.493 e. The van der Waals surface area contributed by atoms with Crippen molar-refractivity contribution in [2.24, 2.45) is 0 Å². The summed E-state index contributed by atoms with van der Waals surface area (Å²) in [6.45, 7) is -0.444. The van der Waals surface area contributed by atoms with Gasteiger partial charge in [-0.3, -0.25) is 14.3 Å². The summed E-state index contributed by atoms with van der Waals surface area (Å²) in [5, 5.41) is 7.23. The van der Waals surface area contributed by atoms with E-state index in [1.165, 1.54) is 25.3 Å². The average molecular weight is 505 g/mol. The maximum Gasteiger partial charge on any atom is 0.258 e. The number of anilines is 1. The van der Waals surface area contributed by atoms with Gasteiger partial charge in [0, 0.05) is 12.1 Å². The SMILES string of the molecule is COc1ccc(C(=O)N2CCC(NC(=O)c3ccccc3Cl)c3c2cnn3CC(F)F)cc1OC. The Hall–Kier alpha value is -3.66. The van der Waals surface area contributed by atoms with Gasteiger partial charge in [0.2, 0.25) is 0 Å². The molecule has 11 heteroatoms. The van der Waals surface area contributed by atoms with E-state index in [0.29, 0.717) is 28.4 Å². The molecule has 2 aromatic carbocycles. The predicted molar refractivity (Wildman–Crippen MR) is 126 cm³/mol. The second-order valence-electron chi connectivity index (χ2n) is 7.81. The Bertz CT molecular complexity index is 1250. The van der Waals surface area contributed by atoms with Gasteiger partial charge in [-0.25, -0.2) is 8.78 Å². The van der Waals surface area contributed by atoms with Gasteiger partial charge in [0.1, 0.15) is 6.54 Å². The summed E-state index contributed by atoms with van der Waals surface area (Å²) in [4.78, 5) is 27.7. The zero-order chi connectivity index (χ0) is 25.1. The number of rotatable bonds is 7. The fourth-order valence-electron chi connectivity index (χ4n) is 4.10. The Morgan fingerprint density at radius 3 is 2.60 bits per heavy atom. The molecule has 0 bridgehead atoms. The van der Waals surface area contributed by atoms with Gasteiger partial charge in [0.05, 0.1) is 48.4 Å². The van der Waals surface area contributed by atoms with Crippen LogP contribution in [0.25, 0.3) is 0 Å². The number of aromatic nitrogens is 2. The molecule has 0 fully saturated rings. The predicted octanol–water partition coefficient (Wildman–Crippen LogP) is 4.34. The Kier molecular flexibility index (Phi) is 7.20. The number of nitrogens with one attached hydrogen (secondary N) is 1. The van der Waals surface area contributed by atoms with Crippen LogP contribution in [0.4, 0.5) is 14.5 Å². The van der Waals surface area contributed by atoms with Crippen LogP contribution in [0.5, 0.6) is 11.5 Å². The number of alkyl halides is 2. The first kappa shape index (κ1) is 24.5. The molecular weight excluding hydrogens is 482 g/mol. The van der Waals surface area contributed by atoms with Crippen molar-refractivity contribution in [2.45, 2.75) is 25.4 Å². The third-order valence-electron chi connectivity index (χ3n) is 5.73. The number of fused-ring (bicyclic) bond motifs is 1. The summed E-state index contributed by atoms with van der Waals surface area (Å²) >= 11 is 6.15. The lowest BCUT2D eigenvalue weighted by Crippen LogP contribution is -2.42. The Labute approximate surface area is 205 Å². The highest BCUT2D eigenvalue weighted by molar-refractivity contribution is 6.33. The molecule has 184 valence electrons. The number of nitrogens with zero attached hydrogens (tertiary/aromatic N) is 3. The van der Waals surface area contributed by atoms with E-state index in [0.717, 1.165) is 4.68 Å². The van der Waals surface area contributed by atoms with Crippen LogP contribution in [0.3, 0.4) is 0 Å². The van der Waals surface area contributed by atoms with Crippen molar-refractivity contribution in [1.29, 1.82) is 0 Å². The molecule has 3 aromatic rings. The van der Waals surface area contributed by atoms with E-state index in [9.17, 15) is 18.4 Å². The maximum atomic E-state index is 13.4. The van der Waals surface area contributed by atoms with E-state index in [-0.39, 0.29) is 29.5 Å². The summed E-state index contributed by atoms with van der Waals surface area (Å²) < 4.78 is 38.2. The van der Waals surface area contributed by atoms with Crippen molar-refractivity contribution < 1.29 is 27.8 Å².